The van der Waals surface area contributed by atoms with Gasteiger partial charge in [-0.25, -0.2) is 0 Å². The van der Waals surface area contributed by atoms with Crippen LogP contribution in [0.2, 0.25) is 0 Å². The Hall–Kier alpha value is -1.16. The summed E-state index contributed by atoms with van der Waals surface area (Å²) in [6.45, 7) is 4.80. The molecule has 0 N–H and O–H groups in total. The van der Waals surface area contributed by atoms with Crippen LogP contribution >= 0.6 is 15.9 Å². The number of rotatable bonds is 1. The molecule has 0 spiro atoms. The zero-order valence-corrected chi connectivity index (χ0v) is 12.2. The Morgan fingerprint density at radius 2 is 2.00 bits per heavy atom. The van der Waals surface area contributed by atoms with Crippen molar-refractivity contribution < 1.29 is 9.59 Å². The zero-order valence-electron chi connectivity index (χ0n) is 10.6. The third kappa shape index (κ3) is 2.48. The number of carbonyl (C=O) groups is 2. The average molecular weight is 310 g/mol. The minimum atomic E-state index is -0.435. The SMILES string of the molecule is CC1(C)CN(C(=O)c2ccccc2Br)CCC1=O. The molecule has 0 unspecified atom stereocenters. The fourth-order valence-electron chi connectivity index (χ4n) is 2.20. The second-order valence-corrected chi connectivity index (χ2v) is 6.12. The first-order valence-electron chi connectivity index (χ1n) is 5.99. The van der Waals surface area contributed by atoms with Gasteiger partial charge in [-0.15, -0.1) is 0 Å². The fraction of sp³-hybridized carbons (Fsp3) is 0.429. The molecule has 18 heavy (non-hydrogen) atoms. The standard InChI is InChI=1S/C14H16BrNO2/c1-14(2)9-16(8-7-12(14)17)13(18)10-5-3-4-6-11(10)15/h3-6H,7-9H2,1-2H3. The summed E-state index contributed by atoms with van der Waals surface area (Å²) in [5.41, 5.74) is 0.220. The van der Waals surface area contributed by atoms with E-state index in [1.165, 1.54) is 0 Å². The van der Waals surface area contributed by atoms with E-state index in [-0.39, 0.29) is 11.7 Å². The molecule has 0 aromatic heterocycles. The monoisotopic (exact) mass is 309 g/mol. The van der Waals surface area contributed by atoms with E-state index in [0.29, 0.717) is 25.1 Å². The van der Waals surface area contributed by atoms with Gasteiger partial charge < -0.3 is 4.90 Å². The van der Waals surface area contributed by atoms with Crippen LogP contribution in [0, 0.1) is 5.41 Å². The van der Waals surface area contributed by atoms with Crippen molar-refractivity contribution in [1.82, 2.24) is 4.90 Å². The first-order valence-corrected chi connectivity index (χ1v) is 6.78. The molecule has 4 heteroatoms. The highest BCUT2D eigenvalue weighted by atomic mass is 79.9. The lowest BCUT2D eigenvalue weighted by Crippen LogP contribution is -2.48. The van der Waals surface area contributed by atoms with Crippen molar-refractivity contribution in [3.05, 3.63) is 34.3 Å². The van der Waals surface area contributed by atoms with Gasteiger partial charge in [0.05, 0.1) is 5.56 Å². The number of hydrogen-bond donors (Lipinski definition) is 0. The Morgan fingerprint density at radius 3 is 2.61 bits per heavy atom. The third-order valence-corrected chi connectivity index (χ3v) is 4.03. The summed E-state index contributed by atoms with van der Waals surface area (Å²) in [7, 11) is 0. The largest absolute Gasteiger partial charge is 0.337 e. The molecule has 0 aliphatic carbocycles. The lowest BCUT2D eigenvalue weighted by molar-refractivity contribution is -0.130. The summed E-state index contributed by atoms with van der Waals surface area (Å²) in [5, 5.41) is 0. The number of piperidine rings is 1. The first kappa shape index (κ1) is 13.3. The van der Waals surface area contributed by atoms with Gasteiger partial charge in [0.15, 0.2) is 0 Å². The van der Waals surface area contributed by atoms with Crippen LogP contribution in [0.4, 0.5) is 0 Å². The van der Waals surface area contributed by atoms with Crippen molar-refractivity contribution in [2.24, 2.45) is 5.41 Å². The van der Waals surface area contributed by atoms with Crippen LogP contribution in [0.5, 0.6) is 0 Å². The summed E-state index contributed by atoms with van der Waals surface area (Å²) < 4.78 is 0.796. The zero-order chi connectivity index (χ0) is 13.3. The fourth-order valence-corrected chi connectivity index (χ4v) is 2.65. The molecule has 1 fully saturated rings. The van der Waals surface area contributed by atoms with E-state index < -0.39 is 5.41 Å². The van der Waals surface area contributed by atoms with Gasteiger partial charge in [0.2, 0.25) is 0 Å². The maximum Gasteiger partial charge on any atom is 0.255 e. The van der Waals surface area contributed by atoms with Gasteiger partial charge in [0, 0.05) is 29.4 Å². The number of carbonyl (C=O) groups excluding carboxylic acids is 2. The van der Waals surface area contributed by atoms with Gasteiger partial charge in [-0.05, 0) is 28.1 Å². The van der Waals surface area contributed by atoms with E-state index >= 15 is 0 Å². The second kappa shape index (κ2) is 4.84. The Labute approximate surface area is 115 Å². The Balaban J connectivity index is 2.21. The van der Waals surface area contributed by atoms with Crippen molar-refractivity contribution in [3.63, 3.8) is 0 Å². The molecule has 0 saturated carbocycles. The van der Waals surface area contributed by atoms with Crippen LogP contribution in [0.1, 0.15) is 30.6 Å². The number of benzene rings is 1. The summed E-state index contributed by atoms with van der Waals surface area (Å²) in [4.78, 5) is 25.9. The molecular formula is C14H16BrNO2. The number of hydrogen-bond acceptors (Lipinski definition) is 2. The molecule has 2 rings (SSSR count). The van der Waals surface area contributed by atoms with Gasteiger partial charge in [-0.1, -0.05) is 26.0 Å². The maximum atomic E-state index is 12.4. The number of Topliss-reactive ketones (excluding diaryl/α,β-unsaturated/α-hetero) is 1. The van der Waals surface area contributed by atoms with Crippen LogP contribution in [0.3, 0.4) is 0 Å². The number of amides is 1. The molecule has 1 amide bonds. The molecule has 96 valence electrons. The molecular weight excluding hydrogens is 294 g/mol. The predicted octanol–water partition coefficient (Wildman–Crippen LogP) is 2.89. The molecule has 0 bridgehead atoms. The van der Waals surface area contributed by atoms with E-state index in [1.807, 2.05) is 32.0 Å². The molecule has 1 aliphatic heterocycles. The molecule has 1 aliphatic rings. The summed E-state index contributed by atoms with van der Waals surface area (Å²) in [5.74, 6) is 0.224. The smallest absolute Gasteiger partial charge is 0.255 e. The summed E-state index contributed by atoms with van der Waals surface area (Å²) in [6.07, 6.45) is 0.448. The van der Waals surface area contributed by atoms with E-state index in [1.54, 1.807) is 11.0 Å². The van der Waals surface area contributed by atoms with Crippen LogP contribution < -0.4 is 0 Å². The minimum absolute atomic E-state index is 0.0111. The van der Waals surface area contributed by atoms with Crippen molar-refractivity contribution in [3.8, 4) is 0 Å². The van der Waals surface area contributed by atoms with Crippen LogP contribution in [0.15, 0.2) is 28.7 Å². The number of halogens is 1. The van der Waals surface area contributed by atoms with Crippen molar-refractivity contribution in [2.75, 3.05) is 13.1 Å². The molecule has 3 nitrogen and oxygen atoms in total. The summed E-state index contributed by atoms with van der Waals surface area (Å²) >= 11 is 3.39. The van der Waals surface area contributed by atoms with Crippen LogP contribution in [-0.4, -0.2) is 29.7 Å². The van der Waals surface area contributed by atoms with Crippen LogP contribution in [-0.2, 0) is 4.79 Å². The van der Waals surface area contributed by atoms with Crippen molar-refractivity contribution in [1.29, 1.82) is 0 Å². The first-order chi connectivity index (χ1) is 8.42. The minimum Gasteiger partial charge on any atom is -0.337 e. The topological polar surface area (TPSA) is 37.4 Å². The lowest BCUT2D eigenvalue weighted by atomic mass is 9.82. The highest BCUT2D eigenvalue weighted by molar-refractivity contribution is 9.10. The predicted molar refractivity (Wildman–Crippen MR) is 73.5 cm³/mol. The Morgan fingerprint density at radius 1 is 1.33 bits per heavy atom. The quantitative estimate of drug-likeness (QED) is 0.800. The van der Waals surface area contributed by atoms with E-state index in [9.17, 15) is 9.59 Å². The maximum absolute atomic E-state index is 12.4. The molecule has 0 atom stereocenters. The molecule has 0 radical (unpaired) electrons. The molecule has 1 aromatic rings. The Kier molecular flexibility index (Phi) is 3.57. The van der Waals surface area contributed by atoms with Gasteiger partial charge >= 0.3 is 0 Å². The summed E-state index contributed by atoms with van der Waals surface area (Å²) in [6, 6.07) is 7.38. The molecule has 1 saturated heterocycles. The number of nitrogens with zero attached hydrogens (tertiary/aromatic N) is 1. The normalized spacial score (nSPS) is 18.8. The van der Waals surface area contributed by atoms with Crippen molar-refractivity contribution in [2.45, 2.75) is 20.3 Å². The number of ketones is 1. The highest BCUT2D eigenvalue weighted by Crippen LogP contribution is 2.27. The van der Waals surface area contributed by atoms with Gasteiger partial charge in [-0.3, -0.25) is 9.59 Å². The Bertz CT molecular complexity index is 496. The van der Waals surface area contributed by atoms with Gasteiger partial charge in [0.1, 0.15) is 5.78 Å². The highest BCUT2D eigenvalue weighted by Gasteiger charge is 2.36. The van der Waals surface area contributed by atoms with E-state index in [4.69, 9.17) is 0 Å². The van der Waals surface area contributed by atoms with E-state index in [2.05, 4.69) is 15.9 Å². The molecule has 1 aromatic carbocycles. The van der Waals surface area contributed by atoms with Gasteiger partial charge in [-0.2, -0.15) is 0 Å². The third-order valence-electron chi connectivity index (χ3n) is 3.34. The number of likely N-dealkylation sites (tertiary alicyclic amines) is 1. The molecule has 1 heterocycles. The van der Waals surface area contributed by atoms with Crippen molar-refractivity contribution >= 4 is 27.6 Å². The lowest BCUT2D eigenvalue weighted by Gasteiger charge is -2.36. The van der Waals surface area contributed by atoms with Gasteiger partial charge in [0.25, 0.3) is 5.91 Å². The average Bonchev–Trinajstić information content (AvgIpc) is 2.32. The second-order valence-electron chi connectivity index (χ2n) is 5.26. The van der Waals surface area contributed by atoms with Crippen LogP contribution in [0.25, 0.3) is 0 Å². The van der Waals surface area contributed by atoms with E-state index in [0.717, 1.165) is 4.47 Å².